The summed E-state index contributed by atoms with van der Waals surface area (Å²) in [7, 11) is 0. The molecule has 0 amide bonds. The van der Waals surface area contributed by atoms with Gasteiger partial charge in [-0.3, -0.25) is 4.79 Å². The smallest absolute Gasteiger partial charge is 0.184 e. The van der Waals surface area contributed by atoms with Gasteiger partial charge in [0.25, 0.3) is 0 Å². The molecule has 1 atom stereocenters. The van der Waals surface area contributed by atoms with E-state index in [-0.39, 0.29) is 11.8 Å². The minimum atomic E-state index is -0.241. The van der Waals surface area contributed by atoms with Crippen LogP contribution >= 0.6 is 0 Å². The Hall–Kier alpha value is -2.09. The molecule has 2 rings (SSSR count). The number of aryl methyl sites for hydroxylation is 1. The largest absolute Gasteiger partial charge is 0.375 e. The number of ketones is 1. The van der Waals surface area contributed by atoms with E-state index in [0.29, 0.717) is 0 Å². The second-order valence-corrected chi connectivity index (χ2v) is 4.36. The third-order valence-electron chi connectivity index (χ3n) is 2.78. The number of hydrogen-bond acceptors (Lipinski definition) is 2. The van der Waals surface area contributed by atoms with Gasteiger partial charge in [0.2, 0.25) is 0 Å². The van der Waals surface area contributed by atoms with Crippen LogP contribution in [0.2, 0.25) is 0 Å². The normalized spacial score (nSPS) is 11.9. The van der Waals surface area contributed by atoms with Crippen molar-refractivity contribution < 1.29 is 4.79 Å². The average Bonchev–Trinajstić information content (AvgIpc) is 2.39. The molecule has 1 unspecified atom stereocenters. The SMILES string of the molecule is Cc1[c]ccc(NC(C)C(=O)c2ccccc2)c1. The van der Waals surface area contributed by atoms with Crippen molar-refractivity contribution in [3.05, 3.63) is 65.7 Å². The highest BCUT2D eigenvalue weighted by molar-refractivity contribution is 6.01. The van der Waals surface area contributed by atoms with Crippen molar-refractivity contribution in [2.75, 3.05) is 5.32 Å². The Labute approximate surface area is 108 Å². The van der Waals surface area contributed by atoms with Crippen molar-refractivity contribution in [3.8, 4) is 0 Å². The molecule has 0 aliphatic rings. The molecule has 91 valence electrons. The molecule has 0 aliphatic heterocycles. The summed E-state index contributed by atoms with van der Waals surface area (Å²) >= 11 is 0. The van der Waals surface area contributed by atoms with Crippen molar-refractivity contribution in [1.29, 1.82) is 0 Å². The fourth-order valence-electron chi connectivity index (χ4n) is 1.84. The molecule has 0 heterocycles. The number of benzene rings is 2. The number of hydrogen-bond donors (Lipinski definition) is 1. The van der Waals surface area contributed by atoms with Crippen molar-refractivity contribution in [1.82, 2.24) is 0 Å². The Morgan fingerprint density at radius 1 is 1.22 bits per heavy atom. The van der Waals surface area contributed by atoms with Gasteiger partial charge in [-0.1, -0.05) is 36.4 Å². The van der Waals surface area contributed by atoms with Gasteiger partial charge in [0.05, 0.1) is 6.04 Å². The minimum Gasteiger partial charge on any atom is -0.375 e. The number of rotatable bonds is 4. The molecule has 2 aromatic rings. The molecule has 0 aromatic heterocycles. The molecule has 0 bridgehead atoms. The van der Waals surface area contributed by atoms with Crippen LogP contribution < -0.4 is 5.32 Å². The maximum Gasteiger partial charge on any atom is 0.184 e. The molecule has 2 aromatic carbocycles. The van der Waals surface area contributed by atoms with Crippen LogP contribution in [-0.2, 0) is 0 Å². The Balaban J connectivity index is 2.09. The van der Waals surface area contributed by atoms with Gasteiger partial charge in [-0.25, -0.2) is 0 Å². The predicted molar refractivity (Wildman–Crippen MR) is 73.9 cm³/mol. The van der Waals surface area contributed by atoms with E-state index in [1.165, 1.54) is 0 Å². The minimum absolute atomic E-state index is 0.0982. The summed E-state index contributed by atoms with van der Waals surface area (Å²) in [4.78, 5) is 12.2. The lowest BCUT2D eigenvalue weighted by Crippen LogP contribution is -2.26. The number of nitrogens with one attached hydrogen (secondary N) is 1. The van der Waals surface area contributed by atoms with Crippen LogP contribution in [0.5, 0.6) is 0 Å². The average molecular weight is 238 g/mol. The van der Waals surface area contributed by atoms with Crippen LogP contribution in [0.15, 0.2) is 48.5 Å². The van der Waals surface area contributed by atoms with Gasteiger partial charge < -0.3 is 5.32 Å². The fraction of sp³-hybridized carbons (Fsp3) is 0.188. The summed E-state index contributed by atoms with van der Waals surface area (Å²) in [5.41, 5.74) is 2.74. The van der Waals surface area contributed by atoms with Crippen LogP contribution in [0.25, 0.3) is 0 Å². The van der Waals surface area contributed by atoms with Gasteiger partial charge in [0.15, 0.2) is 5.78 Å². The highest BCUT2D eigenvalue weighted by Crippen LogP contribution is 2.12. The lowest BCUT2D eigenvalue weighted by atomic mass is 10.1. The van der Waals surface area contributed by atoms with E-state index in [9.17, 15) is 4.79 Å². The van der Waals surface area contributed by atoms with Crippen LogP contribution in [0, 0.1) is 13.0 Å². The molecule has 0 saturated heterocycles. The summed E-state index contributed by atoms with van der Waals surface area (Å²) in [5.74, 6) is 0.0982. The van der Waals surface area contributed by atoms with Gasteiger partial charge in [0, 0.05) is 11.3 Å². The molecule has 2 heteroatoms. The van der Waals surface area contributed by atoms with Crippen LogP contribution in [0.3, 0.4) is 0 Å². The molecular formula is C16H16NO. The Morgan fingerprint density at radius 2 is 1.94 bits per heavy atom. The summed E-state index contributed by atoms with van der Waals surface area (Å²) in [6.07, 6.45) is 0. The Kier molecular flexibility index (Phi) is 3.78. The Morgan fingerprint density at radius 3 is 2.61 bits per heavy atom. The van der Waals surface area contributed by atoms with Crippen molar-refractivity contribution in [3.63, 3.8) is 0 Å². The first kappa shape index (κ1) is 12.4. The number of Topliss-reactive ketones (excluding diaryl/α,β-unsaturated/α-hetero) is 1. The second-order valence-electron chi connectivity index (χ2n) is 4.36. The quantitative estimate of drug-likeness (QED) is 0.826. The van der Waals surface area contributed by atoms with E-state index in [4.69, 9.17) is 0 Å². The second kappa shape index (κ2) is 5.50. The molecule has 1 radical (unpaired) electrons. The van der Waals surface area contributed by atoms with E-state index in [0.717, 1.165) is 16.8 Å². The summed E-state index contributed by atoms with van der Waals surface area (Å²) in [5, 5.41) is 3.21. The van der Waals surface area contributed by atoms with Gasteiger partial charge in [-0.05, 0) is 37.6 Å². The van der Waals surface area contributed by atoms with E-state index < -0.39 is 0 Å². The summed E-state index contributed by atoms with van der Waals surface area (Å²) in [6, 6.07) is 17.9. The molecule has 0 aliphatic carbocycles. The van der Waals surface area contributed by atoms with Crippen molar-refractivity contribution in [2.45, 2.75) is 19.9 Å². The van der Waals surface area contributed by atoms with E-state index in [1.54, 1.807) is 0 Å². The van der Waals surface area contributed by atoms with Gasteiger partial charge in [-0.15, -0.1) is 0 Å². The van der Waals surface area contributed by atoms with E-state index in [1.807, 2.05) is 62.4 Å². The molecule has 0 spiro atoms. The number of carbonyl (C=O) groups excluding carboxylic acids is 1. The highest BCUT2D eigenvalue weighted by atomic mass is 16.1. The van der Waals surface area contributed by atoms with Crippen LogP contribution in [-0.4, -0.2) is 11.8 Å². The first-order valence-corrected chi connectivity index (χ1v) is 6.01. The number of carbonyl (C=O) groups is 1. The standard InChI is InChI=1S/C16H16NO/c1-12-7-6-10-15(11-12)17-13(2)16(18)14-8-4-3-5-9-14/h3-6,8-11,13,17H,1-2H3. The topological polar surface area (TPSA) is 29.1 Å². The Bertz CT molecular complexity index is 534. The van der Waals surface area contributed by atoms with Crippen molar-refractivity contribution >= 4 is 11.5 Å². The molecule has 2 nitrogen and oxygen atoms in total. The fourth-order valence-corrected chi connectivity index (χ4v) is 1.84. The maximum atomic E-state index is 12.2. The molecular weight excluding hydrogens is 222 g/mol. The molecule has 18 heavy (non-hydrogen) atoms. The van der Waals surface area contributed by atoms with Crippen LogP contribution in [0.4, 0.5) is 5.69 Å². The first-order chi connectivity index (χ1) is 8.66. The zero-order valence-corrected chi connectivity index (χ0v) is 10.6. The predicted octanol–water partition coefficient (Wildman–Crippen LogP) is 3.48. The maximum absolute atomic E-state index is 12.2. The van der Waals surface area contributed by atoms with Crippen molar-refractivity contribution in [2.24, 2.45) is 0 Å². The lowest BCUT2D eigenvalue weighted by Gasteiger charge is -2.14. The molecule has 0 saturated carbocycles. The number of anilines is 1. The summed E-state index contributed by atoms with van der Waals surface area (Å²) in [6.45, 7) is 3.86. The first-order valence-electron chi connectivity index (χ1n) is 6.01. The van der Waals surface area contributed by atoms with Crippen LogP contribution in [0.1, 0.15) is 22.8 Å². The molecule has 1 N–H and O–H groups in total. The zero-order valence-electron chi connectivity index (χ0n) is 10.6. The van der Waals surface area contributed by atoms with E-state index in [2.05, 4.69) is 11.4 Å². The van der Waals surface area contributed by atoms with Gasteiger partial charge in [0.1, 0.15) is 0 Å². The third kappa shape index (κ3) is 2.98. The third-order valence-corrected chi connectivity index (χ3v) is 2.78. The lowest BCUT2D eigenvalue weighted by molar-refractivity contribution is 0.0975. The monoisotopic (exact) mass is 238 g/mol. The zero-order chi connectivity index (χ0) is 13.0. The molecule has 0 fully saturated rings. The summed E-state index contributed by atoms with van der Waals surface area (Å²) < 4.78 is 0. The highest BCUT2D eigenvalue weighted by Gasteiger charge is 2.14. The van der Waals surface area contributed by atoms with Gasteiger partial charge in [-0.2, -0.15) is 0 Å². The van der Waals surface area contributed by atoms with Gasteiger partial charge >= 0.3 is 0 Å². The van der Waals surface area contributed by atoms with E-state index >= 15 is 0 Å².